The highest BCUT2D eigenvalue weighted by atomic mass is 16.4. The molecule has 0 saturated heterocycles. The van der Waals surface area contributed by atoms with Gasteiger partial charge in [-0.15, -0.1) is 0 Å². The van der Waals surface area contributed by atoms with Crippen molar-refractivity contribution in [1.82, 2.24) is 5.32 Å². The molecule has 0 heterocycles. The lowest BCUT2D eigenvalue weighted by Gasteiger charge is -2.16. The Hall–Kier alpha value is -3.93. The molecule has 1 atom stereocenters. The predicted molar refractivity (Wildman–Crippen MR) is 107 cm³/mol. The van der Waals surface area contributed by atoms with Crippen LogP contribution in [0.4, 0.5) is 0 Å². The predicted octanol–water partition coefficient (Wildman–Crippen LogP) is 3.19. The number of carboxylic acids is 1. The van der Waals surface area contributed by atoms with Gasteiger partial charge in [-0.3, -0.25) is 10.2 Å². The molecule has 3 aromatic carbocycles. The second-order valence-electron chi connectivity index (χ2n) is 6.23. The summed E-state index contributed by atoms with van der Waals surface area (Å²) < 4.78 is 0. The van der Waals surface area contributed by atoms with Crippen LogP contribution in [0.25, 0.3) is 11.1 Å². The van der Waals surface area contributed by atoms with Crippen LogP contribution in [-0.2, 0) is 4.79 Å². The number of hydrogen-bond donors (Lipinski definition) is 4. The van der Waals surface area contributed by atoms with Gasteiger partial charge in [0, 0.05) is 11.1 Å². The van der Waals surface area contributed by atoms with Crippen LogP contribution in [0.15, 0.2) is 78.9 Å². The lowest BCUT2D eigenvalue weighted by molar-refractivity contribution is -0.139. The first kappa shape index (κ1) is 18.8. The Kier molecular flexibility index (Phi) is 5.50. The van der Waals surface area contributed by atoms with E-state index in [4.69, 9.17) is 11.1 Å². The number of hydrogen-bond acceptors (Lipinski definition) is 3. The van der Waals surface area contributed by atoms with Gasteiger partial charge in [0.25, 0.3) is 5.91 Å². The van der Waals surface area contributed by atoms with Gasteiger partial charge in [-0.05, 0) is 28.8 Å². The highest BCUT2D eigenvalue weighted by Crippen LogP contribution is 2.22. The Labute approximate surface area is 162 Å². The first-order chi connectivity index (χ1) is 13.5. The highest BCUT2D eigenvalue weighted by molar-refractivity contribution is 6.01. The van der Waals surface area contributed by atoms with Crippen LogP contribution in [0.2, 0.25) is 0 Å². The molecule has 6 nitrogen and oxygen atoms in total. The van der Waals surface area contributed by atoms with Crippen LogP contribution in [0.3, 0.4) is 0 Å². The molecular weight excluding hydrogens is 354 g/mol. The summed E-state index contributed by atoms with van der Waals surface area (Å²) in [5, 5.41) is 19.6. The van der Waals surface area contributed by atoms with E-state index >= 15 is 0 Å². The summed E-state index contributed by atoms with van der Waals surface area (Å²) in [6.45, 7) is 0. The molecule has 0 aromatic heterocycles. The molecule has 1 amide bonds. The van der Waals surface area contributed by atoms with Crippen LogP contribution in [0, 0.1) is 5.41 Å². The van der Waals surface area contributed by atoms with Gasteiger partial charge in [-0.2, -0.15) is 0 Å². The van der Waals surface area contributed by atoms with E-state index in [9.17, 15) is 14.7 Å². The lowest BCUT2D eigenvalue weighted by atomic mass is 10.0. The largest absolute Gasteiger partial charge is 0.479 e. The van der Waals surface area contributed by atoms with E-state index in [0.717, 1.165) is 11.1 Å². The number of aliphatic carboxylic acids is 1. The van der Waals surface area contributed by atoms with Gasteiger partial charge >= 0.3 is 5.97 Å². The fourth-order valence-electron chi connectivity index (χ4n) is 2.83. The second kappa shape index (κ2) is 8.18. The first-order valence-electron chi connectivity index (χ1n) is 8.59. The fraction of sp³-hybridized carbons (Fsp3) is 0.0455. The zero-order valence-corrected chi connectivity index (χ0v) is 14.9. The number of carbonyl (C=O) groups excluding carboxylic acids is 1. The van der Waals surface area contributed by atoms with Crippen molar-refractivity contribution >= 4 is 17.7 Å². The summed E-state index contributed by atoms with van der Waals surface area (Å²) in [6.07, 6.45) is 0. The van der Waals surface area contributed by atoms with Crippen LogP contribution in [-0.4, -0.2) is 22.8 Å². The standard InChI is InChI=1S/C22H19N3O3/c23-20(24)17-7-4-8-18(13-17)21(26)25-19(22(27)28)16-11-9-15(10-12-16)14-5-2-1-3-6-14/h1-13,19H,(H3,23,24)(H,25,26)(H,27,28). The average molecular weight is 373 g/mol. The second-order valence-corrected chi connectivity index (χ2v) is 6.23. The maximum absolute atomic E-state index is 12.5. The molecule has 3 aromatic rings. The summed E-state index contributed by atoms with van der Waals surface area (Å²) in [4.78, 5) is 24.2. The number of carbonyl (C=O) groups is 2. The third kappa shape index (κ3) is 4.24. The van der Waals surface area contributed by atoms with Gasteiger partial charge in [0.2, 0.25) is 0 Å². The van der Waals surface area contributed by atoms with E-state index in [1.165, 1.54) is 6.07 Å². The molecule has 140 valence electrons. The molecule has 0 bridgehead atoms. The van der Waals surface area contributed by atoms with Crippen LogP contribution >= 0.6 is 0 Å². The molecule has 1 unspecified atom stereocenters. The molecule has 0 radical (unpaired) electrons. The van der Waals surface area contributed by atoms with Crippen molar-refractivity contribution in [2.75, 3.05) is 0 Å². The summed E-state index contributed by atoms with van der Waals surface area (Å²) >= 11 is 0. The van der Waals surface area contributed by atoms with Crippen molar-refractivity contribution in [3.63, 3.8) is 0 Å². The van der Waals surface area contributed by atoms with Crippen molar-refractivity contribution in [3.8, 4) is 11.1 Å². The Morgan fingerprint density at radius 1 is 0.857 bits per heavy atom. The molecule has 28 heavy (non-hydrogen) atoms. The van der Waals surface area contributed by atoms with E-state index in [0.29, 0.717) is 11.1 Å². The lowest BCUT2D eigenvalue weighted by Crippen LogP contribution is -2.33. The van der Waals surface area contributed by atoms with Gasteiger partial charge in [0.1, 0.15) is 5.84 Å². The third-order valence-electron chi connectivity index (χ3n) is 4.31. The summed E-state index contributed by atoms with van der Waals surface area (Å²) in [7, 11) is 0. The van der Waals surface area contributed by atoms with Crippen LogP contribution in [0.1, 0.15) is 27.5 Å². The summed E-state index contributed by atoms with van der Waals surface area (Å²) in [5.74, 6) is -1.88. The minimum Gasteiger partial charge on any atom is -0.479 e. The van der Waals surface area contributed by atoms with Crippen molar-refractivity contribution in [1.29, 1.82) is 5.41 Å². The van der Waals surface area contributed by atoms with E-state index in [1.807, 2.05) is 42.5 Å². The molecule has 3 rings (SSSR count). The number of nitrogens with two attached hydrogens (primary N) is 1. The molecule has 0 saturated carbocycles. The third-order valence-corrected chi connectivity index (χ3v) is 4.31. The zero-order valence-electron chi connectivity index (χ0n) is 14.9. The Balaban J connectivity index is 1.82. The maximum atomic E-state index is 12.5. The number of carboxylic acid groups (broad SMARTS) is 1. The van der Waals surface area contributed by atoms with Gasteiger partial charge < -0.3 is 16.2 Å². The highest BCUT2D eigenvalue weighted by Gasteiger charge is 2.23. The van der Waals surface area contributed by atoms with E-state index < -0.39 is 17.9 Å². The van der Waals surface area contributed by atoms with Gasteiger partial charge in [0.05, 0.1) is 0 Å². The number of nitrogens with one attached hydrogen (secondary N) is 2. The monoisotopic (exact) mass is 373 g/mol. The molecular formula is C22H19N3O3. The molecule has 5 N–H and O–H groups in total. The maximum Gasteiger partial charge on any atom is 0.330 e. The molecule has 0 aliphatic carbocycles. The number of benzene rings is 3. The minimum absolute atomic E-state index is 0.166. The topological polar surface area (TPSA) is 116 Å². The summed E-state index contributed by atoms with van der Waals surface area (Å²) in [5.41, 5.74) is 8.51. The molecule has 6 heteroatoms. The zero-order chi connectivity index (χ0) is 20.1. The SMILES string of the molecule is N=C(N)c1cccc(C(=O)NC(C(=O)O)c2ccc(-c3ccccc3)cc2)c1. The van der Waals surface area contributed by atoms with Crippen molar-refractivity contribution in [2.24, 2.45) is 5.73 Å². The first-order valence-corrected chi connectivity index (χ1v) is 8.59. The number of amidine groups is 1. The van der Waals surface area contributed by atoms with E-state index in [1.54, 1.807) is 30.3 Å². The van der Waals surface area contributed by atoms with Gasteiger partial charge in [0.15, 0.2) is 6.04 Å². The normalized spacial score (nSPS) is 11.4. The van der Waals surface area contributed by atoms with E-state index in [-0.39, 0.29) is 11.4 Å². The summed E-state index contributed by atoms with van der Waals surface area (Å²) in [6, 6.07) is 21.7. The molecule has 0 aliphatic rings. The molecule has 0 aliphatic heterocycles. The molecule has 0 fully saturated rings. The fourth-order valence-corrected chi connectivity index (χ4v) is 2.83. The number of nitrogen functional groups attached to an aromatic ring is 1. The number of amides is 1. The van der Waals surface area contributed by atoms with Gasteiger partial charge in [-0.25, -0.2) is 4.79 Å². The Morgan fingerprint density at radius 2 is 1.46 bits per heavy atom. The molecule has 0 spiro atoms. The smallest absolute Gasteiger partial charge is 0.330 e. The van der Waals surface area contributed by atoms with Crippen LogP contribution in [0.5, 0.6) is 0 Å². The van der Waals surface area contributed by atoms with E-state index in [2.05, 4.69) is 5.32 Å². The number of rotatable bonds is 6. The van der Waals surface area contributed by atoms with Gasteiger partial charge in [-0.1, -0.05) is 66.7 Å². The van der Waals surface area contributed by atoms with Crippen molar-refractivity contribution in [2.45, 2.75) is 6.04 Å². The quantitative estimate of drug-likeness (QED) is 0.392. The Morgan fingerprint density at radius 3 is 2.07 bits per heavy atom. The minimum atomic E-state index is -1.20. The van der Waals surface area contributed by atoms with Crippen molar-refractivity contribution < 1.29 is 14.7 Å². The Bertz CT molecular complexity index is 1010. The average Bonchev–Trinajstić information content (AvgIpc) is 2.72. The van der Waals surface area contributed by atoms with Crippen LogP contribution < -0.4 is 11.1 Å². The van der Waals surface area contributed by atoms with Crippen molar-refractivity contribution in [3.05, 3.63) is 95.6 Å².